The number of pyridine rings is 1. The van der Waals surface area contributed by atoms with Gasteiger partial charge in [-0.05, 0) is 32.0 Å². The monoisotopic (exact) mass is 326 g/mol. The Kier molecular flexibility index (Phi) is 3.93. The highest BCUT2D eigenvalue weighted by molar-refractivity contribution is 6.04. The summed E-state index contributed by atoms with van der Waals surface area (Å²) in [6, 6.07) is 3.89. The highest BCUT2D eigenvalue weighted by Crippen LogP contribution is 2.20. The molecule has 1 fully saturated rings. The molecule has 2 aliphatic rings. The normalized spacial score (nSPS) is 17.8. The Bertz CT molecular complexity index is 730. The highest BCUT2D eigenvalue weighted by Gasteiger charge is 2.21. The fraction of sp³-hybridized carbons (Fsp3) is 0.471. The van der Waals surface area contributed by atoms with Crippen molar-refractivity contribution in [2.24, 2.45) is 0 Å². The Hall–Kier alpha value is -2.41. The van der Waals surface area contributed by atoms with Crippen molar-refractivity contribution >= 4 is 17.4 Å². The van der Waals surface area contributed by atoms with Gasteiger partial charge >= 0.3 is 0 Å². The highest BCUT2D eigenvalue weighted by atomic mass is 16.1. The zero-order chi connectivity index (χ0) is 16.5. The minimum absolute atomic E-state index is 0.104. The summed E-state index contributed by atoms with van der Waals surface area (Å²) in [6.45, 7) is 4.97. The van der Waals surface area contributed by atoms with Crippen LogP contribution in [-0.4, -0.2) is 58.8 Å². The molecule has 1 N–H and O–H groups in total. The van der Waals surface area contributed by atoms with Crippen molar-refractivity contribution in [2.45, 2.75) is 19.4 Å². The van der Waals surface area contributed by atoms with Gasteiger partial charge in [0.1, 0.15) is 5.82 Å². The summed E-state index contributed by atoms with van der Waals surface area (Å²) >= 11 is 0. The van der Waals surface area contributed by atoms with Gasteiger partial charge in [-0.3, -0.25) is 9.48 Å². The molecule has 24 heavy (non-hydrogen) atoms. The van der Waals surface area contributed by atoms with Crippen LogP contribution in [0.2, 0.25) is 0 Å². The van der Waals surface area contributed by atoms with E-state index in [2.05, 4.69) is 32.2 Å². The summed E-state index contributed by atoms with van der Waals surface area (Å²) in [4.78, 5) is 21.5. The smallest absolute Gasteiger partial charge is 0.259 e. The molecule has 0 radical (unpaired) electrons. The molecular formula is C17H22N6O. The molecule has 2 aliphatic heterocycles. The molecule has 4 heterocycles. The molecule has 0 atom stereocenters. The van der Waals surface area contributed by atoms with Crippen molar-refractivity contribution in [3.05, 3.63) is 35.8 Å². The van der Waals surface area contributed by atoms with Crippen molar-refractivity contribution in [3.63, 3.8) is 0 Å². The number of carbonyl (C=O) groups is 1. The molecular weight excluding hydrogens is 304 g/mol. The zero-order valence-corrected chi connectivity index (χ0v) is 13.9. The predicted molar refractivity (Wildman–Crippen MR) is 92.4 cm³/mol. The number of amides is 1. The number of piperazine rings is 1. The predicted octanol–water partition coefficient (Wildman–Crippen LogP) is 1.23. The summed E-state index contributed by atoms with van der Waals surface area (Å²) in [5.41, 5.74) is 2.43. The first-order valence-electron chi connectivity index (χ1n) is 8.46. The van der Waals surface area contributed by atoms with Crippen LogP contribution in [-0.2, 0) is 13.0 Å². The molecule has 1 amide bonds. The molecule has 0 aliphatic carbocycles. The number of anilines is 2. The molecule has 0 bridgehead atoms. The van der Waals surface area contributed by atoms with Gasteiger partial charge in [-0.2, -0.15) is 5.10 Å². The minimum atomic E-state index is -0.104. The third kappa shape index (κ3) is 2.87. The van der Waals surface area contributed by atoms with Crippen LogP contribution in [0.15, 0.2) is 24.5 Å². The van der Waals surface area contributed by atoms with E-state index in [0.29, 0.717) is 5.56 Å². The number of aryl methyl sites for hydroxylation is 1. The first kappa shape index (κ1) is 15.1. The fourth-order valence-corrected chi connectivity index (χ4v) is 3.33. The summed E-state index contributed by atoms with van der Waals surface area (Å²) < 4.78 is 1.92. The van der Waals surface area contributed by atoms with Crippen LogP contribution in [0, 0.1) is 0 Å². The van der Waals surface area contributed by atoms with Crippen molar-refractivity contribution in [2.75, 3.05) is 43.4 Å². The number of aromatic nitrogens is 3. The molecule has 0 spiro atoms. The lowest BCUT2D eigenvalue weighted by Crippen LogP contribution is -2.44. The number of fused-ring (bicyclic) bond motifs is 1. The Balaban J connectivity index is 1.42. The number of carbonyl (C=O) groups excluding carboxylic acids is 1. The second-order valence-corrected chi connectivity index (χ2v) is 6.48. The standard InChI is InChI=1S/C17H22N6O/c1-21-7-9-22(10-8-21)16-5-4-13(11-18-16)20-17(24)14-12-19-23-6-2-3-15(14)23/h4-5,11-12H,2-3,6-10H2,1H3,(H,20,24). The van der Waals surface area contributed by atoms with Crippen molar-refractivity contribution in [3.8, 4) is 0 Å². The summed E-state index contributed by atoms with van der Waals surface area (Å²) in [5, 5.41) is 7.20. The topological polar surface area (TPSA) is 66.3 Å². The summed E-state index contributed by atoms with van der Waals surface area (Å²) in [7, 11) is 2.14. The third-order valence-electron chi connectivity index (χ3n) is 4.81. The third-order valence-corrected chi connectivity index (χ3v) is 4.81. The van der Waals surface area contributed by atoms with E-state index in [-0.39, 0.29) is 5.91 Å². The van der Waals surface area contributed by atoms with E-state index in [4.69, 9.17) is 0 Å². The molecule has 7 heteroatoms. The van der Waals surface area contributed by atoms with Gasteiger partial charge in [-0.25, -0.2) is 4.98 Å². The van der Waals surface area contributed by atoms with E-state index < -0.39 is 0 Å². The number of hydrogen-bond donors (Lipinski definition) is 1. The maximum absolute atomic E-state index is 12.4. The van der Waals surface area contributed by atoms with Gasteiger partial charge in [0, 0.05) is 32.7 Å². The molecule has 0 saturated carbocycles. The Morgan fingerprint density at radius 2 is 1.96 bits per heavy atom. The molecule has 2 aromatic heterocycles. The quantitative estimate of drug-likeness (QED) is 0.919. The fourth-order valence-electron chi connectivity index (χ4n) is 3.33. The Labute approximate surface area is 141 Å². The van der Waals surface area contributed by atoms with Crippen LogP contribution >= 0.6 is 0 Å². The number of likely N-dealkylation sites (N-methyl/N-ethyl adjacent to an activating group) is 1. The molecule has 126 valence electrons. The van der Waals surface area contributed by atoms with Gasteiger partial charge in [0.2, 0.25) is 0 Å². The van der Waals surface area contributed by atoms with Gasteiger partial charge < -0.3 is 15.1 Å². The number of hydrogen-bond acceptors (Lipinski definition) is 5. The number of rotatable bonds is 3. The van der Waals surface area contributed by atoms with E-state index in [1.54, 1.807) is 12.4 Å². The Morgan fingerprint density at radius 3 is 2.71 bits per heavy atom. The maximum Gasteiger partial charge on any atom is 0.259 e. The average Bonchev–Trinajstić information content (AvgIpc) is 3.19. The second kappa shape index (κ2) is 6.24. The summed E-state index contributed by atoms with van der Waals surface area (Å²) in [5.74, 6) is 0.861. The molecule has 7 nitrogen and oxygen atoms in total. The van der Waals surface area contributed by atoms with Gasteiger partial charge in [0.05, 0.1) is 29.3 Å². The second-order valence-electron chi connectivity index (χ2n) is 6.48. The van der Waals surface area contributed by atoms with Crippen LogP contribution in [0.25, 0.3) is 0 Å². The van der Waals surface area contributed by atoms with E-state index in [1.165, 1.54) is 0 Å². The van der Waals surface area contributed by atoms with Gasteiger partial charge in [-0.1, -0.05) is 0 Å². The van der Waals surface area contributed by atoms with Crippen molar-refractivity contribution < 1.29 is 4.79 Å². The van der Waals surface area contributed by atoms with E-state index >= 15 is 0 Å². The molecule has 1 saturated heterocycles. The minimum Gasteiger partial charge on any atom is -0.354 e. The molecule has 4 rings (SSSR count). The summed E-state index contributed by atoms with van der Waals surface area (Å²) in [6.07, 6.45) is 5.37. The van der Waals surface area contributed by atoms with Crippen molar-refractivity contribution in [1.82, 2.24) is 19.7 Å². The maximum atomic E-state index is 12.4. The van der Waals surface area contributed by atoms with E-state index in [1.807, 2.05) is 16.8 Å². The zero-order valence-electron chi connectivity index (χ0n) is 13.9. The van der Waals surface area contributed by atoms with Crippen LogP contribution < -0.4 is 10.2 Å². The lowest BCUT2D eigenvalue weighted by molar-refractivity contribution is 0.102. The first-order chi connectivity index (χ1) is 11.7. The molecule has 2 aromatic rings. The van der Waals surface area contributed by atoms with Crippen LogP contribution in [0.5, 0.6) is 0 Å². The average molecular weight is 326 g/mol. The Morgan fingerprint density at radius 1 is 1.12 bits per heavy atom. The lowest BCUT2D eigenvalue weighted by atomic mass is 10.2. The lowest BCUT2D eigenvalue weighted by Gasteiger charge is -2.33. The van der Waals surface area contributed by atoms with Crippen LogP contribution in [0.3, 0.4) is 0 Å². The number of nitrogens with zero attached hydrogens (tertiary/aromatic N) is 5. The van der Waals surface area contributed by atoms with E-state index in [0.717, 1.165) is 62.8 Å². The van der Waals surface area contributed by atoms with Crippen molar-refractivity contribution in [1.29, 1.82) is 0 Å². The van der Waals surface area contributed by atoms with Gasteiger partial charge in [0.15, 0.2) is 0 Å². The van der Waals surface area contributed by atoms with Gasteiger partial charge in [0.25, 0.3) is 5.91 Å². The molecule has 0 aromatic carbocycles. The largest absolute Gasteiger partial charge is 0.354 e. The first-order valence-corrected chi connectivity index (χ1v) is 8.46. The number of nitrogens with one attached hydrogen (secondary N) is 1. The molecule has 0 unspecified atom stereocenters. The van der Waals surface area contributed by atoms with E-state index in [9.17, 15) is 4.79 Å². The van der Waals surface area contributed by atoms with Crippen LogP contribution in [0.4, 0.5) is 11.5 Å². The van der Waals surface area contributed by atoms with Crippen LogP contribution in [0.1, 0.15) is 22.5 Å². The SMILES string of the molecule is CN1CCN(c2ccc(NC(=O)c3cnn4c3CCC4)cn2)CC1. The van der Waals surface area contributed by atoms with Gasteiger partial charge in [-0.15, -0.1) is 0 Å².